The average molecular weight is 168 g/mol. The van der Waals surface area contributed by atoms with E-state index in [1.54, 1.807) is 6.92 Å². The smallest absolute Gasteiger partial charge is 0.336 e. The van der Waals surface area contributed by atoms with E-state index in [-0.39, 0.29) is 11.3 Å². The van der Waals surface area contributed by atoms with E-state index in [1.807, 2.05) is 0 Å². The van der Waals surface area contributed by atoms with Crippen molar-refractivity contribution in [3.05, 3.63) is 23.3 Å². The fraction of sp³-hybridized carbons (Fsp3) is 0.125. The van der Waals surface area contributed by atoms with Gasteiger partial charge in [-0.2, -0.15) is 0 Å². The summed E-state index contributed by atoms with van der Waals surface area (Å²) in [7, 11) is 0. The number of aromatic carboxylic acids is 1. The van der Waals surface area contributed by atoms with Crippen LogP contribution in [0.4, 0.5) is 0 Å². The second-order valence-electron chi connectivity index (χ2n) is 2.46. The van der Waals surface area contributed by atoms with E-state index in [2.05, 4.69) is 0 Å². The maximum Gasteiger partial charge on any atom is 0.336 e. The van der Waals surface area contributed by atoms with Crippen molar-refractivity contribution in [2.75, 3.05) is 0 Å². The number of carboxylic acid groups (broad SMARTS) is 1. The summed E-state index contributed by atoms with van der Waals surface area (Å²) in [4.78, 5) is 10.5. The van der Waals surface area contributed by atoms with Gasteiger partial charge in [-0.05, 0) is 24.6 Å². The van der Waals surface area contributed by atoms with Crippen LogP contribution in [0, 0.1) is 6.92 Å². The van der Waals surface area contributed by atoms with Crippen molar-refractivity contribution in [2.24, 2.45) is 0 Å². The Hall–Kier alpha value is -1.71. The van der Waals surface area contributed by atoms with Crippen LogP contribution >= 0.6 is 0 Å². The van der Waals surface area contributed by atoms with Crippen LogP contribution in [-0.4, -0.2) is 21.3 Å². The predicted molar refractivity (Wildman–Crippen MR) is 41.5 cm³/mol. The minimum atomic E-state index is -1.12. The first-order chi connectivity index (χ1) is 5.52. The van der Waals surface area contributed by atoms with Gasteiger partial charge in [-0.25, -0.2) is 4.79 Å². The minimum absolute atomic E-state index is 0.00898. The zero-order valence-electron chi connectivity index (χ0n) is 6.40. The van der Waals surface area contributed by atoms with E-state index in [4.69, 9.17) is 15.3 Å². The summed E-state index contributed by atoms with van der Waals surface area (Å²) in [6.45, 7) is 1.54. The molecule has 0 bridgehead atoms. The summed E-state index contributed by atoms with van der Waals surface area (Å²) in [5.74, 6) is -1.85. The second-order valence-corrected chi connectivity index (χ2v) is 2.46. The fourth-order valence-corrected chi connectivity index (χ4v) is 0.912. The number of carbonyl (C=O) groups is 1. The standard InChI is InChI=1S/C8H8O4/c1-4-2-6(9)7(10)3-5(4)8(11)12/h2-3,9-10H,1H3,(H,11,12). The topological polar surface area (TPSA) is 77.8 Å². The lowest BCUT2D eigenvalue weighted by Gasteiger charge is -2.02. The Morgan fingerprint density at radius 1 is 1.25 bits per heavy atom. The van der Waals surface area contributed by atoms with Gasteiger partial charge in [0.15, 0.2) is 11.5 Å². The molecule has 64 valence electrons. The molecule has 12 heavy (non-hydrogen) atoms. The first-order valence-electron chi connectivity index (χ1n) is 3.28. The predicted octanol–water partition coefficient (Wildman–Crippen LogP) is 1.10. The molecule has 3 N–H and O–H groups in total. The highest BCUT2D eigenvalue weighted by Crippen LogP contribution is 2.27. The highest BCUT2D eigenvalue weighted by molar-refractivity contribution is 5.90. The van der Waals surface area contributed by atoms with Gasteiger partial charge in [0.25, 0.3) is 0 Å². The lowest BCUT2D eigenvalue weighted by atomic mass is 10.1. The first-order valence-corrected chi connectivity index (χ1v) is 3.28. The van der Waals surface area contributed by atoms with Gasteiger partial charge in [0.2, 0.25) is 0 Å². The Balaban J connectivity index is 3.33. The van der Waals surface area contributed by atoms with Gasteiger partial charge in [0.1, 0.15) is 0 Å². The molecule has 0 aromatic heterocycles. The molecule has 0 fully saturated rings. The highest BCUT2D eigenvalue weighted by Gasteiger charge is 2.10. The molecular formula is C8H8O4. The van der Waals surface area contributed by atoms with Gasteiger partial charge in [0.05, 0.1) is 5.56 Å². The number of phenols is 2. The van der Waals surface area contributed by atoms with Crippen LogP contribution in [0.3, 0.4) is 0 Å². The Labute approximate surface area is 68.7 Å². The van der Waals surface area contributed by atoms with Crippen LogP contribution in [0.25, 0.3) is 0 Å². The van der Waals surface area contributed by atoms with Gasteiger partial charge < -0.3 is 15.3 Å². The van der Waals surface area contributed by atoms with Crippen molar-refractivity contribution < 1.29 is 20.1 Å². The zero-order valence-corrected chi connectivity index (χ0v) is 6.40. The first kappa shape index (κ1) is 8.39. The van der Waals surface area contributed by atoms with Crippen LogP contribution < -0.4 is 0 Å². The van der Waals surface area contributed by atoms with Crippen molar-refractivity contribution in [1.29, 1.82) is 0 Å². The molecule has 0 atom stereocenters. The van der Waals surface area contributed by atoms with Gasteiger partial charge in [0, 0.05) is 0 Å². The van der Waals surface area contributed by atoms with Crippen LogP contribution in [0.2, 0.25) is 0 Å². The maximum atomic E-state index is 10.5. The number of hydrogen-bond acceptors (Lipinski definition) is 3. The Morgan fingerprint density at radius 2 is 1.75 bits per heavy atom. The molecular weight excluding hydrogens is 160 g/mol. The summed E-state index contributed by atoms with van der Waals surface area (Å²) in [5, 5.41) is 26.5. The van der Waals surface area contributed by atoms with Crippen LogP contribution in [0.15, 0.2) is 12.1 Å². The second kappa shape index (κ2) is 2.73. The normalized spacial score (nSPS) is 9.75. The number of aryl methyl sites for hydroxylation is 1. The molecule has 1 aromatic rings. The third-order valence-electron chi connectivity index (χ3n) is 1.55. The molecule has 4 heteroatoms. The molecule has 0 aliphatic carbocycles. The van der Waals surface area contributed by atoms with Gasteiger partial charge in [-0.1, -0.05) is 0 Å². The Bertz CT molecular complexity index is 330. The third kappa shape index (κ3) is 1.32. The zero-order chi connectivity index (χ0) is 9.30. The molecule has 0 aliphatic rings. The fourth-order valence-electron chi connectivity index (χ4n) is 0.912. The summed E-state index contributed by atoms with van der Waals surface area (Å²) in [5.41, 5.74) is 0.406. The molecule has 0 radical (unpaired) electrons. The van der Waals surface area contributed by atoms with Crippen molar-refractivity contribution in [3.63, 3.8) is 0 Å². The largest absolute Gasteiger partial charge is 0.504 e. The van der Waals surface area contributed by atoms with Crippen molar-refractivity contribution in [2.45, 2.75) is 6.92 Å². The highest BCUT2D eigenvalue weighted by atomic mass is 16.4. The van der Waals surface area contributed by atoms with E-state index in [0.29, 0.717) is 5.56 Å². The number of phenolic OH excluding ortho intramolecular Hbond substituents is 2. The lowest BCUT2D eigenvalue weighted by molar-refractivity contribution is 0.0695. The van der Waals surface area contributed by atoms with Crippen LogP contribution in [0.5, 0.6) is 11.5 Å². The van der Waals surface area contributed by atoms with E-state index >= 15 is 0 Å². The Morgan fingerprint density at radius 3 is 2.25 bits per heavy atom. The summed E-state index contributed by atoms with van der Waals surface area (Å²) >= 11 is 0. The van der Waals surface area contributed by atoms with E-state index in [0.717, 1.165) is 6.07 Å². The maximum absolute atomic E-state index is 10.5. The summed E-state index contributed by atoms with van der Waals surface area (Å²) in [6.07, 6.45) is 0. The molecule has 0 heterocycles. The van der Waals surface area contributed by atoms with E-state index < -0.39 is 11.7 Å². The molecule has 1 rings (SSSR count). The average Bonchev–Trinajstić information content (AvgIpc) is 1.96. The van der Waals surface area contributed by atoms with Crippen molar-refractivity contribution >= 4 is 5.97 Å². The van der Waals surface area contributed by atoms with Gasteiger partial charge in [-0.3, -0.25) is 0 Å². The third-order valence-corrected chi connectivity index (χ3v) is 1.55. The molecule has 0 amide bonds. The number of aromatic hydroxyl groups is 2. The van der Waals surface area contributed by atoms with Crippen LogP contribution in [-0.2, 0) is 0 Å². The number of benzene rings is 1. The van der Waals surface area contributed by atoms with Crippen molar-refractivity contribution in [3.8, 4) is 11.5 Å². The lowest BCUT2D eigenvalue weighted by Crippen LogP contribution is -1.98. The van der Waals surface area contributed by atoms with Crippen LogP contribution in [0.1, 0.15) is 15.9 Å². The quantitative estimate of drug-likeness (QED) is 0.549. The monoisotopic (exact) mass is 168 g/mol. The molecule has 4 nitrogen and oxygen atoms in total. The number of rotatable bonds is 1. The molecule has 0 spiro atoms. The molecule has 0 aliphatic heterocycles. The Kier molecular flexibility index (Phi) is 1.91. The molecule has 0 saturated heterocycles. The van der Waals surface area contributed by atoms with Crippen molar-refractivity contribution in [1.82, 2.24) is 0 Å². The van der Waals surface area contributed by atoms with Gasteiger partial charge in [-0.15, -0.1) is 0 Å². The van der Waals surface area contributed by atoms with Gasteiger partial charge >= 0.3 is 5.97 Å². The summed E-state index contributed by atoms with van der Waals surface area (Å²) < 4.78 is 0. The SMILES string of the molecule is Cc1cc(O)c(O)cc1C(=O)O. The molecule has 0 unspecified atom stereocenters. The van der Waals surface area contributed by atoms with E-state index in [1.165, 1.54) is 6.07 Å². The molecule has 1 aromatic carbocycles. The molecule has 0 saturated carbocycles. The minimum Gasteiger partial charge on any atom is -0.504 e. The number of hydrogen-bond donors (Lipinski definition) is 3. The number of carboxylic acids is 1. The summed E-state index contributed by atoms with van der Waals surface area (Å²) in [6, 6.07) is 2.23. The van der Waals surface area contributed by atoms with E-state index in [9.17, 15) is 4.79 Å².